The lowest BCUT2D eigenvalue weighted by Crippen LogP contribution is -2.25. The summed E-state index contributed by atoms with van der Waals surface area (Å²) in [7, 11) is 0. The van der Waals surface area contributed by atoms with Crippen molar-refractivity contribution in [2.45, 2.75) is 39.2 Å². The lowest BCUT2D eigenvalue weighted by atomic mass is 10.1. The molecule has 0 aromatic carbocycles. The fourth-order valence-corrected chi connectivity index (χ4v) is 1.25. The van der Waals surface area contributed by atoms with Crippen molar-refractivity contribution in [3.63, 3.8) is 0 Å². The molecule has 3 nitrogen and oxygen atoms in total. The van der Waals surface area contributed by atoms with Crippen LogP contribution in [0.2, 0.25) is 0 Å². The van der Waals surface area contributed by atoms with E-state index in [0.29, 0.717) is 6.10 Å². The maximum Gasteiger partial charge on any atom is 0.0599 e. The smallest absolute Gasteiger partial charge is 0.0599 e. The Bertz CT molecular complexity index is 157. The van der Waals surface area contributed by atoms with Crippen LogP contribution < -0.4 is 5.43 Å². The molecular weight excluding hydrogens is 152 g/mol. The molecule has 1 heterocycles. The Kier molecular flexibility index (Phi) is 4.08. The van der Waals surface area contributed by atoms with E-state index in [9.17, 15) is 0 Å². The van der Waals surface area contributed by atoms with Crippen molar-refractivity contribution in [3.05, 3.63) is 0 Å². The van der Waals surface area contributed by atoms with Crippen LogP contribution in [0.1, 0.15) is 33.1 Å². The van der Waals surface area contributed by atoms with E-state index in [4.69, 9.17) is 4.74 Å². The van der Waals surface area contributed by atoms with Crippen LogP contribution in [0.15, 0.2) is 5.10 Å². The molecule has 70 valence electrons. The van der Waals surface area contributed by atoms with Gasteiger partial charge in [0.2, 0.25) is 0 Å². The normalized spacial score (nSPS) is 27.5. The van der Waals surface area contributed by atoms with Gasteiger partial charge in [0, 0.05) is 25.1 Å². The van der Waals surface area contributed by atoms with E-state index >= 15 is 0 Å². The monoisotopic (exact) mass is 170 g/mol. The molecule has 12 heavy (non-hydrogen) atoms. The summed E-state index contributed by atoms with van der Waals surface area (Å²) in [4.78, 5) is 0. The van der Waals surface area contributed by atoms with Crippen LogP contribution in [-0.4, -0.2) is 25.0 Å². The third-order valence-corrected chi connectivity index (χ3v) is 1.92. The predicted octanol–water partition coefficient (Wildman–Crippen LogP) is 1.54. The van der Waals surface area contributed by atoms with Crippen molar-refractivity contribution >= 4 is 5.71 Å². The minimum Gasteiger partial charge on any atom is -0.378 e. The molecule has 0 aromatic heterocycles. The molecule has 1 rings (SSSR count). The second-order valence-corrected chi connectivity index (χ2v) is 3.22. The molecule has 1 atom stereocenters. The maximum atomic E-state index is 5.41. The van der Waals surface area contributed by atoms with Gasteiger partial charge < -0.3 is 10.2 Å². The Morgan fingerprint density at radius 2 is 2.50 bits per heavy atom. The minimum atomic E-state index is 0.348. The van der Waals surface area contributed by atoms with E-state index in [1.54, 1.807) is 0 Å². The van der Waals surface area contributed by atoms with Crippen LogP contribution in [0.25, 0.3) is 0 Å². The maximum absolute atomic E-state index is 5.41. The lowest BCUT2D eigenvalue weighted by Gasteiger charge is -2.20. The van der Waals surface area contributed by atoms with E-state index in [1.165, 1.54) is 5.71 Å². The van der Waals surface area contributed by atoms with Gasteiger partial charge in [0.1, 0.15) is 0 Å². The van der Waals surface area contributed by atoms with Gasteiger partial charge in [0.05, 0.1) is 12.7 Å². The summed E-state index contributed by atoms with van der Waals surface area (Å²) in [5, 5.41) is 4.31. The molecule has 1 aliphatic rings. The van der Waals surface area contributed by atoms with Crippen molar-refractivity contribution in [1.82, 2.24) is 5.43 Å². The summed E-state index contributed by atoms with van der Waals surface area (Å²) in [6.07, 6.45) is 3.45. The fourth-order valence-electron chi connectivity index (χ4n) is 1.25. The van der Waals surface area contributed by atoms with E-state index in [2.05, 4.69) is 24.4 Å². The number of nitrogens with zero attached hydrogens (tertiary/aromatic N) is 1. The van der Waals surface area contributed by atoms with Gasteiger partial charge in [-0.05, 0) is 13.3 Å². The molecule has 0 spiro atoms. The van der Waals surface area contributed by atoms with Gasteiger partial charge in [0.25, 0.3) is 0 Å². The summed E-state index contributed by atoms with van der Waals surface area (Å²) in [5.74, 6) is 0. The standard InChI is InChI=1S/C9H18N2O/c1-3-5-10-11-9-4-6-12-8(2)7-9/h8,10H,3-7H2,1-2H3/b11-9+. The first kappa shape index (κ1) is 9.52. The van der Waals surface area contributed by atoms with Crippen molar-refractivity contribution in [2.75, 3.05) is 13.2 Å². The molecule has 0 saturated carbocycles. The van der Waals surface area contributed by atoms with Gasteiger partial charge in [-0.25, -0.2) is 0 Å². The van der Waals surface area contributed by atoms with Crippen molar-refractivity contribution in [1.29, 1.82) is 0 Å². The summed E-state index contributed by atoms with van der Waals surface area (Å²) in [5.41, 5.74) is 4.31. The number of rotatable bonds is 3. The molecule has 0 aliphatic carbocycles. The first-order valence-corrected chi connectivity index (χ1v) is 4.72. The Balaban J connectivity index is 2.25. The number of hydrazone groups is 1. The number of ether oxygens (including phenoxy) is 1. The zero-order valence-electron chi connectivity index (χ0n) is 7.97. The molecule has 0 radical (unpaired) electrons. The average molecular weight is 170 g/mol. The number of hydrogen-bond acceptors (Lipinski definition) is 3. The average Bonchev–Trinajstić information content (AvgIpc) is 2.05. The SMILES string of the molecule is CCCN/N=C1\CCOC(C)C1. The highest BCUT2D eigenvalue weighted by Crippen LogP contribution is 2.09. The van der Waals surface area contributed by atoms with E-state index in [1.807, 2.05) is 0 Å². The van der Waals surface area contributed by atoms with Crippen molar-refractivity contribution < 1.29 is 4.74 Å². The molecule has 3 heteroatoms. The number of hydrogen-bond donors (Lipinski definition) is 1. The van der Waals surface area contributed by atoms with Gasteiger partial charge in [-0.15, -0.1) is 0 Å². The highest BCUT2D eigenvalue weighted by molar-refractivity contribution is 5.85. The molecule has 0 aromatic rings. The van der Waals surface area contributed by atoms with Crippen LogP contribution in [0.5, 0.6) is 0 Å². The topological polar surface area (TPSA) is 33.6 Å². The first-order chi connectivity index (χ1) is 5.83. The largest absolute Gasteiger partial charge is 0.378 e. The van der Waals surface area contributed by atoms with Gasteiger partial charge in [-0.3, -0.25) is 0 Å². The lowest BCUT2D eigenvalue weighted by molar-refractivity contribution is 0.0631. The molecule has 0 bridgehead atoms. The molecule has 0 amide bonds. The highest BCUT2D eigenvalue weighted by Gasteiger charge is 2.13. The summed E-state index contributed by atoms with van der Waals surface area (Å²) in [6, 6.07) is 0. The molecule has 1 fully saturated rings. The van der Waals surface area contributed by atoms with E-state index < -0.39 is 0 Å². The summed E-state index contributed by atoms with van der Waals surface area (Å²) in [6.45, 7) is 6.03. The Morgan fingerprint density at radius 1 is 1.67 bits per heavy atom. The zero-order valence-corrected chi connectivity index (χ0v) is 7.97. The minimum absolute atomic E-state index is 0.348. The van der Waals surface area contributed by atoms with Crippen LogP contribution >= 0.6 is 0 Å². The zero-order chi connectivity index (χ0) is 8.81. The highest BCUT2D eigenvalue weighted by atomic mass is 16.5. The molecule has 1 saturated heterocycles. The van der Waals surface area contributed by atoms with Gasteiger partial charge >= 0.3 is 0 Å². The second kappa shape index (κ2) is 5.14. The second-order valence-electron chi connectivity index (χ2n) is 3.22. The quantitative estimate of drug-likeness (QED) is 0.515. The summed E-state index contributed by atoms with van der Waals surface area (Å²) < 4.78 is 5.41. The first-order valence-electron chi connectivity index (χ1n) is 4.72. The van der Waals surface area contributed by atoms with Crippen LogP contribution in [0, 0.1) is 0 Å². The third-order valence-electron chi connectivity index (χ3n) is 1.92. The Labute approximate surface area is 74.2 Å². The third kappa shape index (κ3) is 3.22. The fraction of sp³-hybridized carbons (Fsp3) is 0.889. The molecule has 1 aliphatic heterocycles. The molecule has 1 N–H and O–H groups in total. The van der Waals surface area contributed by atoms with Gasteiger partial charge in [-0.1, -0.05) is 6.92 Å². The van der Waals surface area contributed by atoms with Crippen LogP contribution in [-0.2, 0) is 4.74 Å². The Morgan fingerprint density at radius 3 is 3.17 bits per heavy atom. The van der Waals surface area contributed by atoms with E-state index in [0.717, 1.165) is 32.4 Å². The molecular formula is C9H18N2O. The summed E-state index contributed by atoms with van der Waals surface area (Å²) >= 11 is 0. The van der Waals surface area contributed by atoms with Crippen molar-refractivity contribution in [2.24, 2.45) is 5.10 Å². The van der Waals surface area contributed by atoms with Gasteiger partial charge in [-0.2, -0.15) is 5.10 Å². The molecule has 1 unspecified atom stereocenters. The van der Waals surface area contributed by atoms with Crippen LogP contribution in [0.4, 0.5) is 0 Å². The number of nitrogens with one attached hydrogen (secondary N) is 1. The predicted molar refractivity (Wildman–Crippen MR) is 50.4 cm³/mol. The van der Waals surface area contributed by atoms with Crippen molar-refractivity contribution in [3.8, 4) is 0 Å². The Hall–Kier alpha value is -0.570. The van der Waals surface area contributed by atoms with Crippen LogP contribution in [0.3, 0.4) is 0 Å². The van der Waals surface area contributed by atoms with Gasteiger partial charge in [0.15, 0.2) is 0 Å². The van der Waals surface area contributed by atoms with E-state index in [-0.39, 0.29) is 0 Å².